The summed E-state index contributed by atoms with van der Waals surface area (Å²) in [6.07, 6.45) is -3.90. The van der Waals surface area contributed by atoms with Crippen molar-refractivity contribution < 1.29 is 22.0 Å². The lowest BCUT2D eigenvalue weighted by Gasteiger charge is -2.14. The van der Waals surface area contributed by atoms with Gasteiger partial charge in [-0.1, -0.05) is 37.3 Å². The normalized spacial score (nSPS) is 13.6. The number of hydrogen-bond acceptors (Lipinski definition) is 4. The molecule has 1 heterocycles. The molecule has 0 aliphatic heterocycles. The average molecular weight is 303 g/mol. The summed E-state index contributed by atoms with van der Waals surface area (Å²) in [6.45, 7) is 2.31. The monoisotopic (exact) mass is 303 g/mol. The van der Waals surface area contributed by atoms with Crippen LogP contribution in [-0.2, 0) is 5.92 Å². The first kappa shape index (κ1) is 15.4. The summed E-state index contributed by atoms with van der Waals surface area (Å²) in [5, 5.41) is 9.50. The fourth-order valence-electron chi connectivity index (χ4n) is 1.78. The highest BCUT2D eigenvalue weighted by Crippen LogP contribution is 2.34. The molecule has 0 saturated carbocycles. The van der Waals surface area contributed by atoms with Crippen LogP contribution in [0.15, 0.2) is 34.7 Å². The number of nitrogens with one attached hydrogen (secondary N) is 1. The Kier molecular flexibility index (Phi) is 4.56. The van der Waals surface area contributed by atoms with Crippen LogP contribution in [0.1, 0.15) is 30.3 Å². The molecule has 1 atom stereocenters. The molecule has 2 rings (SSSR count). The number of aromatic nitrogens is 2. The zero-order chi connectivity index (χ0) is 15.5. The Morgan fingerprint density at radius 3 is 2.43 bits per heavy atom. The van der Waals surface area contributed by atoms with Crippen molar-refractivity contribution in [2.24, 2.45) is 0 Å². The summed E-state index contributed by atoms with van der Waals surface area (Å²) in [6, 6.07) is 8.14. The van der Waals surface area contributed by atoms with E-state index in [9.17, 15) is 17.6 Å². The number of benzene rings is 1. The first-order valence-electron chi connectivity index (χ1n) is 6.25. The van der Waals surface area contributed by atoms with Crippen molar-refractivity contribution in [3.63, 3.8) is 0 Å². The summed E-state index contributed by atoms with van der Waals surface area (Å²) < 4.78 is 55.7. The Morgan fingerprint density at radius 1 is 1.19 bits per heavy atom. The van der Waals surface area contributed by atoms with E-state index in [0.717, 1.165) is 0 Å². The molecule has 0 radical (unpaired) electrons. The number of rotatable bonds is 6. The lowest BCUT2D eigenvalue weighted by molar-refractivity contribution is -0.151. The van der Waals surface area contributed by atoms with Crippen LogP contribution >= 0.6 is 0 Å². The molecule has 2 aromatic rings. The standard InChI is InChI=1S/C13H13F4N3O/c1-2-18-9(8-6-4-3-5-7-8)10-19-20-12(21-10)13(16,17)11(14)15/h3-7,9,11,18H,2H2,1H3. The topological polar surface area (TPSA) is 51.0 Å². The maximum Gasteiger partial charge on any atom is 0.382 e. The summed E-state index contributed by atoms with van der Waals surface area (Å²) in [5.41, 5.74) is 0.704. The maximum absolute atomic E-state index is 13.2. The van der Waals surface area contributed by atoms with Crippen LogP contribution in [0.3, 0.4) is 0 Å². The van der Waals surface area contributed by atoms with Crippen LogP contribution in [-0.4, -0.2) is 23.2 Å². The lowest BCUT2D eigenvalue weighted by Crippen LogP contribution is -2.24. The van der Waals surface area contributed by atoms with Crippen molar-refractivity contribution in [2.75, 3.05) is 6.54 Å². The van der Waals surface area contributed by atoms with Gasteiger partial charge in [-0.05, 0) is 12.1 Å². The first-order chi connectivity index (χ1) is 9.96. The molecular formula is C13H13F4N3O. The van der Waals surface area contributed by atoms with Crippen molar-refractivity contribution in [3.8, 4) is 0 Å². The van der Waals surface area contributed by atoms with E-state index in [1.54, 1.807) is 37.3 Å². The molecule has 0 aliphatic carbocycles. The van der Waals surface area contributed by atoms with Gasteiger partial charge in [0.15, 0.2) is 0 Å². The number of hydrogen-bond donors (Lipinski definition) is 1. The molecule has 0 aliphatic rings. The highest BCUT2D eigenvalue weighted by Gasteiger charge is 2.48. The van der Waals surface area contributed by atoms with Crippen molar-refractivity contribution in [1.29, 1.82) is 0 Å². The van der Waals surface area contributed by atoms with Gasteiger partial charge < -0.3 is 9.73 Å². The van der Waals surface area contributed by atoms with E-state index in [1.807, 2.05) is 0 Å². The van der Waals surface area contributed by atoms with Crippen molar-refractivity contribution >= 4 is 0 Å². The van der Waals surface area contributed by atoms with E-state index in [-0.39, 0.29) is 5.89 Å². The third-order valence-corrected chi connectivity index (χ3v) is 2.79. The lowest BCUT2D eigenvalue weighted by atomic mass is 10.1. The number of alkyl halides is 4. The van der Waals surface area contributed by atoms with Crippen LogP contribution in [0.5, 0.6) is 0 Å². The zero-order valence-corrected chi connectivity index (χ0v) is 11.1. The van der Waals surface area contributed by atoms with Gasteiger partial charge in [-0.3, -0.25) is 0 Å². The SMILES string of the molecule is CCNC(c1ccccc1)c1nnc(C(F)(F)C(F)F)o1. The second-order valence-corrected chi connectivity index (χ2v) is 4.27. The van der Waals surface area contributed by atoms with Crippen LogP contribution in [0.25, 0.3) is 0 Å². The second-order valence-electron chi connectivity index (χ2n) is 4.27. The molecule has 8 heteroatoms. The second kappa shape index (κ2) is 6.21. The van der Waals surface area contributed by atoms with Gasteiger partial charge >= 0.3 is 12.3 Å². The number of nitrogens with zero attached hydrogens (tertiary/aromatic N) is 2. The molecule has 1 unspecified atom stereocenters. The Hall–Kier alpha value is -1.96. The molecule has 21 heavy (non-hydrogen) atoms. The minimum absolute atomic E-state index is 0.182. The van der Waals surface area contributed by atoms with E-state index in [2.05, 4.69) is 15.5 Å². The van der Waals surface area contributed by atoms with Crippen LogP contribution in [0.4, 0.5) is 17.6 Å². The van der Waals surface area contributed by atoms with Gasteiger partial charge in [-0.15, -0.1) is 10.2 Å². The van der Waals surface area contributed by atoms with Gasteiger partial charge in [0, 0.05) is 0 Å². The molecule has 1 aromatic heterocycles. The third kappa shape index (κ3) is 3.21. The van der Waals surface area contributed by atoms with Crippen LogP contribution in [0, 0.1) is 0 Å². The molecule has 0 spiro atoms. The van der Waals surface area contributed by atoms with E-state index in [4.69, 9.17) is 4.42 Å². The van der Waals surface area contributed by atoms with Crippen LogP contribution < -0.4 is 5.32 Å². The Balaban J connectivity index is 2.33. The summed E-state index contributed by atoms with van der Waals surface area (Å²) in [7, 11) is 0. The molecule has 0 amide bonds. The van der Waals surface area contributed by atoms with Crippen molar-refractivity contribution in [3.05, 3.63) is 47.7 Å². The Labute approximate surface area is 118 Å². The minimum atomic E-state index is -4.46. The van der Waals surface area contributed by atoms with E-state index >= 15 is 0 Å². The van der Waals surface area contributed by atoms with E-state index < -0.39 is 24.3 Å². The van der Waals surface area contributed by atoms with Crippen molar-refractivity contribution in [2.45, 2.75) is 25.3 Å². The smallest absolute Gasteiger partial charge is 0.382 e. The van der Waals surface area contributed by atoms with Crippen LogP contribution in [0.2, 0.25) is 0 Å². The highest BCUT2D eigenvalue weighted by molar-refractivity contribution is 5.23. The van der Waals surface area contributed by atoms with Gasteiger partial charge in [0.25, 0.3) is 5.89 Å². The van der Waals surface area contributed by atoms with E-state index in [0.29, 0.717) is 12.1 Å². The van der Waals surface area contributed by atoms with Gasteiger partial charge in [0.05, 0.1) is 0 Å². The third-order valence-electron chi connectivity index (χ3n) is 2.79. The molecule has 0 saturated heterocycles. The molecule has 114 valence electrons. The Bertz CT molecular complexity index is 574. The number of halogens is 4. The first-order valence-corrected chi connectivity index (χ1v) is 6.25. The summed E-state index contributed by atoms with van der Waals surface area (Å²) in [5.74, 6) is -6.02. The fraction of sp³-hybridized carbons (Fsp3) is 0.385. The summed E-state index contributed by atoms with van der Waals surface area (Å²) >= 11 is 0. The molecular weight excluding hydrogens is 290 g/mol. The predicted octanol–water partition coefficient (Wildman–Crippen LogP) is 3.13. The largest absolute Gasteiger partial charge is 0.417 e. The highest BCUT2D eigenvalue weighted by atomic mass is 19.3. The maximum atomic E-state index is 13.2. The Morgan fingerprint density at radius 2 is 1.86 bits per heavy atom. The quantitative estimate of drug-likeness (QED) is 0.833. The predicted molar refractivity (Wildman–Crippen MR) is 66.2 cm³/mol. The molecule has 0 fully saturated rings. The fourth-order valence-corrected chi connectivity index (χ4v) is 1.78. The molecule has 0 bridgehead atoms. The zero-order valence-electron chi connectivity index (χ0n) is 11.1. The molecule has 1 aromatic carbocycles. The van der Waals surface area contributed by atoms with Crippen molar-refractivity contribution in [1.82, 2.24) is 15.5 Å². The molecule has 1 N–H and O–H groups in total. The molecule has 4 nitrogen and oxygen atoms in total. The van der Waals surface area contributed by atoms with Gasteiger partial charge in [0.2, 0.25) is 5.89 Å². The average Bonchev–Trinajstić information content (AvgIpc) is 2.95. The van der Waals surface area contributed by atoms with Gasteiger partial charge in [-0.2, -0.15) is 8.78 Å². The van der Waals surface area contributed by atoms with E-state index in [1.165, 1.54) is 0 Å². The summed E-state index contributed by atoms with van der Waals surface area (Å²) in [4.78, 5) is 0. The van der Waals surface area contributed by atoms with Gasteiger partial charge in [0.1, 0.15) is 6.04 Å². The van der Waals surface area contributed by atoms with Gasteiger partial charge in [-0.25, -0.2) is 8.78 Å². The minimum Gasteiger partial charge on any atom is -0.417 e.